The van der Waals surface area contributed by atoms with Crippen LogP contribution in [-0.4, -0.2) is 20.5 Å². The van der Waals surface area contributed by atoms with E-state index in [9.17, 15) is 8.42 Å². The lowest BCUT2D eigenvalue weighted by Crippen LogP contribution is -2.12. The van der Waals surface area contributed by atoms with E-state index < -0.39 is 9.05 Å². The van der Waals surface area contributed by atoms with Gasteiger partial charge in [-0.15, -0.1) is 0 Å². The highest BCUT2D eigenvalue weighted by Crippen LogP contribution is 2.10. The van der Waals surface area contributed by atoms with Gasteiger partial charge < -0.3 is 10.7 Å². The summed E-state index contributed by atoms with van der Waals surface area (Å²) in [6, 6.07) is 0. The van der Waals surface area contributed by atoms with Crippen LogP contribution in [0.2, 0.25) is 0 Å². The molecule has 0 saturated heterocycles. The van der Waals surface area contributed by atoms with Crippen LogP contribution in [0.3, 0.4) is 0 Å². The lowest BCUT2D eigenvalue weighted by molar-refractivity contribution is 0.615. The highest BCUT2D eigenvalue weighted by Gasteiger charge is 2.06. The van der Waals surface area contributed by atoms with Gasteiger partial charge in [0.05, 0.1) is 4.91 Å². The molecule has 7 heteroatoms. The topological polar surface area (TPSA) is 82.4 Å². The molecule has 15 heavy (non-hydrogen) atoms. The summed E-state index contributed by atoms with van der Waals surface area (Å²) in [6.07, 6.45) is 5.23. The second-order valence-electron chi connectivity index (χ2n) is 2.56. The van der Waals surface area contributed by atoms with E-state index in [1.807, 2.05) is 0 Å². The fourth-order valence-corrected chi connectivity index (χ4v) is 0.803. The van der Waals surface area contributed by atoms with E-state index in [4.69, 9.17) is 16.1 Å². The Morgan fingerprint density at radius 3 is 2.53 bits per heavy atom. The average Bonchev–Trinajstić information content (AvgIpc) is 2.13. The molecule has 0 aromatic carbocycles. The molecule has 0 saturated carbocycles. The Morgan fingerprint density at radius 2 is 2.07 bits per heavy atom. The molecular formula is C8H12ClN3O2S. The van der Waals surface area contributed by atoms with Crippen molar-refractivity contribution >= 4 is 31.8 Å². The second-order valence-corrected chi connectivity index (χ2v) is 5.30. The minimum absolute atomic E-state index is 0.0265. The van der Waals surface area contributed by atoms with Gasteiger partial charge in [-0.2, -0.15) is 0 Å². The van der Waals surface area contributed by atoms with E-state index in [-0.39, 0.29) is 4.91 Å². The molecule has 0 fully saturated rings. The van der Waals surface area contributed by atoms with Gasteiger partial charge in [0.2, 0.25) is 0 Å². The predicted molar refractivity (Wildman–Crippen MR) is 62.7 cm³/mol. The van der Waals surface area contributed by atoms with E-state index in [1.165, 1.54) is 19.2 Å². The Kier molecular flexibility index (Phi) is 5.88. The van der Waals surface area contributed by atoms with Crippen molar-refractivity contribution in [3.63, 3.8) is 0 Å². The highest BCUT2D eigenvalue weighted by atomic mass is 35.7. The Balaban J connectivity index is 4.52. The van der Waals surface area contributed by atoms with Gasteiger partial charge in [0.25, 0.3) is 9.05 Å². The number of nitrogens with one attached hydrogen (secondary N) is 2. The van der Waals surface area contributed by atoms with Crippen molar-refractivity contribution in [3.05, 3.63) is 23.4 Å². The third kappa shape index (κ3) is 6.87. The predicted octanol–water partition coefficient (Wildman–Crippen LogP) is 1.59. The molecule has 0 aromatic rings. The average molecular weight is 250 g/mol. The van der Waals surface area contributed by atoms with Crippen LogP contribution < -0.4 is 5.32 Å². The summed E-state index contributed by atoms with van der Waals surface area (Å²) >= 11 is 0. The molecule has 0 amide bonds. The van der Waals surface area contributed by atoms with Gasteiger partial charge in [-0.3, -0.25) is 0 Å². The van der Waals surface area contributed by atoms with E-state index in [0.29, 0.717) is 5.84 Å². The molecule has 2 N–H and O–H groups in total. The molecule has 0 aliphatic heterocycles. The molecular weight excluding hydrogens is 238 g/mol. The number of amidine groups is 1. The monoisotopic (exact) mass is 249 g/mol. The fraction of sp³-hybridized carbons (Fsp3) is 0.250. The number of hydrogen-bond acceptors (Lipinski definition) is 4. The van der Waals surface area contributed by atoms with Crippen LogP contribution in [0.5, 0.6) is 0 Å². The quantitative estimate of drug-likeness (QED) is 0.451. The molecule has 0 rings (SSSR count). The Hall–Kier alpha value is -1.14. The summed E-state index contributed by atoms with van der Waals surface area (Å²) < 4.78 is 21.5. The summed E-state index contributed by atoms with van der Waals surface area (Å²) in [4.78, 5) is 3.79. The van der Waals surface area contributed by atoms with Crippen LogP contribution in [0, 0.1) is 5.41 Å². The van der Waals surface area contributed by atoms with Crippen molar-refractivity contribution in [3.8, 4) is 0 Å². The van der Waals surface area contributed by atoms with E-state index in [2.05, 4.69) is 10.3 Å². The van der Waals surface area contributed by atoms with Gasteiger partial charge >= 0.3 is 0 Å². The van der Waals surface area contributed by atoms with E-state index in [0.717, 1.165) is 12.4 Å². The van der Waals surface area contributed by atoms with Crippen molar-refractivity contribution in [1.82, 2.24) is 5.32 Å². The summed E-state index contributed by atoms with van der Waals surface area (Å²) in [7, 11) is 1.38. The summed E-state index contributed by atoms with van der Waals surface area (Å²) in [5.41, 5.74) is 0. The van der Waals surface area contributed by atoms with Gasteiger partial charge in [-0.25, -0.2) is 13.4 Å². The zero-order valence-corrected chi connectivity index (χ0v) is 9.93. The Labute approximate surface area is 93.5 Å². The van der Waals surface area contributed by atoms with Crippen LogP contribution in [0.1, 0.15) is 13.8 Å². The normalized spacial score (nSPS) is 14.3. The molecule has 0 aromatic heterocycles. The number of aliphatic imine (C=N–C) groups is 1. The molecule has 0 atom stereocenters. The number of nitrogens with zero attached hydrogens (tertiary/aromatic N) is 1. The van der Waals surface area contributed by atoms with Gasteiger partial charge in [0, 0.05) is 29.3 Å². The Bertz CT molecular complexity index is 410. The number of allylic oxidation sites excluding steroid dienone is 2. The van der Waals surface area contributed by atoms with Crippen molar-refractivity contribution in [2.24, 2.45) is 4.99 Å². The molecule has 0 heterocycles. The molecule has 5 nitrogen and oxygen atoms in total. The smallest absolute Gasteiger partial charge is 0.258 e. The molecule has 84 valence electrons. The largest absolute Gasteiger partial charge is 0.350 e. The van der Waals surface area contributed by atoms with Crippen molar-refractivity contribution < 1.29 is 8.42 Å². The minimum atomic E-state index is -3.68. The van der Waals surface area contributed by atoms with E-state index in [1.54, 1.807) is 6.92 Å². The summed E-state index contributed by atoms with van der Waals surface area (Å²) in [6.45, 7) is 3.01. The van der Waals surface area contributed by atoms with Gasteiger partial charge in [-0.1, -0.05) is 0 Å². The lowest BCUT2D eigenvalue weighted by Gasteiger charge is -1.96. The third-order valence-electron chi connectivity index (χ3n) is 1.31. The minimum Gasteiger partial charge on any atom is -0.350 e. The van der Waals surface area contributed by atoms with Crippen molar-refractivity contribution in [2.75, 3.05) is 0 Å². The number of rotatable bonds is 4. The highest BCUT2D eigenvalue weighted by molar-refractivity contribution is 8.16. The molecule has 0 spiro atoms. The Morgan fingerprint density at radius 1 is 1.47 bits per heavy atom. The number of halogens is 1. The molecule has 0 aliphatic carbocycles. The molecule has 0 unspecified atom stereocenters. The van der Waals surface area contributed by atoms with Gasteiger partial charge in [0.1, 0.15) is 5.84 Å². The maximum absolute atomic E-state index is 10.8. The summed E-state index contributed by atoms with van der Waals surface area (Å²) in [5.74, 6) is 0.493. The lowest BCUT2D eigenvalue weighted by atomic mass is 10.6. The molecule has 0 bridgehead atoms. The van der Waals surface area contributed by atoms with Crippen LogP contribution in [0.4, 0.5) is 0 Å². The maximum atomic E-state index is 10.8. The summed E-state index contributed by atoms with van der Waals surface area (Å²) in [5, 5.41) is 9.42. The standard InChI is InChI=1S/C8H12ClN3O2S/c1-7(15(9,13)14)6-12-8(2)11-5-3-4-10/h3-6,10H,1-2H3,(H,11,12)/b5-3-,7-6+,10-4?. The SMILES string of the molecule is C/C(=N/C=C(\C)S(=O)(=O)Cl)N/C=C\C=N. The van der Waals surface area contributed by atoms with Crippen molar-refractivity contribution in [2.45, 2.75) is 13.8 Å². The van der Waals surface area contributed by atoms with Crippen LogP contribution >= 0.6 is 10.7 Å². The van der Waals surface area contributed by atoms with Gasteiger partial charge in [-0.05, 0) is 19.9 Å². The van der Waals surface area contributed by atoms with Crippen molar-refractivity contribution in [1.29, 1.82) is 5.41 Å². The van der Waals surface area contributed by atoms with Crippen LogP contribution in [0.25, 0.3) is 0 Å². The third-order valence-corrected chi connectivity index (χ3v) is 2.91. The van der Waals surface area contributed by atoms with Crippen LogP contribution in [-0.2, 0) is 9.05 Å². The van der Waals surface area contributed by atoms with Gasteiger partial charge in [0.15, 0.2) is 0 Å². The first-order chi connectivity index (χ1) is 6.88. The first-order valence-corrected chi connectivity index (χ1v) is 6.27. The fourth-order valence-electron chi connectivity index (χ4n) is 0.505. The first kappa shape index (κ1) is 13.9. The number of hydrogen-bond donors (Lipinski definition) is 2. The van der Waals surface area contributed by atoms with E-state index >= 15 is 0 Å². The molecule has 0 radical (unpaired) electrons. The van der Waals surface area contributed by atoms with Crippen LogP contribution in [0.15, 0.2) is 28.4 Å². The molecule has 0 aliphatic rings. The zero-order valence-electron chi connectivity index (χ0n) is 8.36. The maximum Gasteiger partial charge on any atom is 0.258 e. The first-order valence-electron chi connectivity index (χ1n) is 3.96. The second kappa shape index (κ2) is 6.36. The zero-order chi connectivity index (χ0) is 11.9.